The van der Waals surface area contributed by atoms with Gasteiger partial charge in [0.05, 0.1) is 6.07 Å². The molecule has 4 fully saturated rings. The van der Waals surface area contributed by atoms with E-state index in [2.05, 4.69) is 13.0 Å². The van der Waals surface area contributed by atoms with Crippen molar-refractivity contribution < 1.29 is 0 Å². The Morgan fingerprint density at radius 2 is 1.67 bits per heavy atom. The lowest BCUT2D eigenvalue weighted by molar-refractivity contribution is -0.0267. The molecule has 0 aromatic heterocycles. The Kier molecular flexibility index (Phi) is 3.18. The topological polar surface area (TPSA) is 23.8 Å². The maximum absolute atomic E-state index is 9.34. The van der Waals surface area contributed by atoms with E-state index in [0.29, 0.717) is 0 Å². The Hall–Kier alpha value is -0.480. The van der Waals surface area contributed by atoms with Gasteiger partial charge >= 0.3 is 0 Å². The van der Waals surface area contributed by atoms with Gasteiger partial charge in [0, 0.05) is 16.0 Å². The molecule has 0 saturated heterocycles. The number of rotatable bonds is 3. The Labute approximate surface area is 115 Å². The summed E-state index contributed by atoms with van der Waals surface area (Å²) in [7, 11) is 0. The van der Waals surface area contributed by atoms with Crippen LogP contribution in [0.15, 0.2) is 10.6 Å². The molecular weight excluding hydrogens is 242 g/mol. The zero-order chi connectivity index (χ0) is 12.8. The third-order valence-corrected chi connectivity index (χ3v) is 6.03. The van der Waals surface area contributed by atoms with E-state index in [9.17, 15) is 5.26 Å². The van der Waals surface area contributed by atoms with Crippen molar-refractivity contribution in [3.8, 4) is 6.07 Å². The van der Waals surface area contributed by atoms with Gasteiger partial charge in [0.25, 0.3) is 0 Å². The third-order valence-electron chi connectivity index (χ3n) is 5.40. The Morgan fingerprint density at radius 3 is 2.06 bits per heavy atom. The van der Waals surface area contributed by atoms with Crippen molar-refractivity contribution in [1.82, 2.24) is 0 Å². The lowest BCUT2D eigenvalue weighted by Crippen LogP contribution is -2.46. The van der Waals surface area contributed by atoms with Gasteiger partial charge in [0.15, 0.2) is 0 Å². The zero-order valence-electron chi connectivity index (χ0n) is 11.2. The molecule has 4 aliphatic carbocycles. The molecule has 4 saturated carbocycles. The molecule has 0 aromatic rings. The van der Waals surface area contributed by atoms with Crippen molar-refractivity contribution in [2.75, 3.05) is 0 Å². The molecule has 0 N–H and O–H groups in total. The minimum absolute atomic E-state index is 0.205. The van der Waals surface area contributed by atoms with E-state index in [1.165, 1.54) is 38.5 Å². The van der Waals surface area contributed by atoms with Crippen LogP contribution in [0.2, 0.25) is 0 Å². The van der Waals surface area contributed by atoms with E-state index >= 15 is 0 Å². The molecule has 0 aliphatic heterocycles. The minimum Gasteiger partial charge on any atom is -0.193 e. The number of allylic oxidation sites excluding steroid dienone is 2. The third kappa shape index (κ3) is 1.90. The summed E-state index contributed by atoms with van der Waals surface area (Å²) in [5.41, 5.74) is 1.08. The fourth-order valence-corrected chi connectivity index (χ4v) is 5.53. The van der Waals surface area contributed by atoms with Gasteiger partial charge in [-0.05, 0) is 62.7 Å². The van der Waals surface area contributed by atoms with Crippen LogP contribution >= 0.6 is 11.6 Å². The lowest BCUT2D eigenvalue weighted by atomic mass is 9.49. The number of halogens is 1. The Balaban J connectivity index is 1.93. The average molecular weight is 264 g/mol. The van der Waals surface area contributed by atoms with Gasteiger partial charge in [-0.15, -0.1) is 0 Å². The van der Waals surface area contributed by atoms with Gasteiger partial charge in [0.2, 0.25) is 0 Å². The number of nitrogens with zero attached hydrogens (tertiary/aromatic N) is 1. The summed E-state index contributed by atoms with van der Waals surface area (Å²) in [5.74, 6) is 2.68. The molecule has 4 bridgehead atoms. The van der Waals surface area contributed by atoms with E-state index in [0.717, 1.165) is 41.2 Å². The van der Waals surface area contributed by atoms with Crippen molar-refractivity contribution in [3.63, 3.8) is 0 Å². The van der Waals surface area contributed by atoms with Crippen molar-refractivity contribution in [2.45, 2.75) is 58.3 Å². The van der Waals surface area contributed by atoms with Crippen LogP contribution in [0.1, 0.15) is 58.3 Å². The van der Waals surface area contributed by atoms with Crippen LogP contribution in [0.5, 0.6) is 0 Å². The Bertz CT molecular complexity index is 380. The van der Waals surface area contributed by atoms with E-state index < -0.39 is 0 Å². The summed E-state index contributed by atoms with van der Waals surface area (Å²) in [5, 5.41) is 10.3. The highest BCUT2D eigenvalue weighted by atomic mass is 35.5. The SMILES string of the molecule is CCCC(C#N)=C(Cl)C12CC3CC(CC(C3)C1)C2. The first-order valence-electron chi connectivity index (χ1n) is 7.46. The number of nitriles is 1. The molecular formula is C16H22ClN. The first kappa shape index (κ1) is 12.5. The highest BCUT2D eigenvalue weighted by Gasteiger charge is 2.52. The quantitative estimate of drug-likeness (QED) is 0.656. The highest BCUT2D eigenvalue weighted by molar-refractivity contribution is 6.31. The molecule has 0 atom stereocenters. The van der Waals surface area contributed by atoms with E-state index in [4.69, 9.17) is 11.6 Å². The van der Waals surface area contributed by atoms with Crippen LogP contribution in [-0.4, -0.2) is 0 Å². The van der Waals surface area contributed by atoms with Crippen LogP contribution in [0.25, 0.3) is 0 Å². The van der Waals surface area contributed by atoms with Gasteiger partial charge in [-0.2, -0.15) is 5.26 Å². The molecule has 2 heteroatoms. The second kappa shape index (κ2) is 4.57. The molecule has 18 heavy (non-hydrogen) atoms. The van der Waals surface area contributed by atoms with E-state index in [-0.39, 0.29) is 5.41 Å². The predicted octanol–water partition coefficient (Wildman–Crippen LogP) is 5.02. The molecule has 98 valence electrons. The van der Waals surface area contributed by atoms with Crippen molar-refractivity contribution in [2.24, 2.45) is 23.2 Å². The van der Waals surface area contributed by atoms with Crippen LogP contribution in [-0.2, 0) is 0 Å². The predicted molar refractivity (Wildman–Crippen MR) is 74.0 cm³/mol. The van der Waals surface area contributed by atoms with Gasteiger partial charge in [-0.25, -0.2) is 0 Å². The molecule has 0 heterocycles. The molecule has 0 aromatic carbocycles. The Morgan fingerprint density at radius 1 is 1.17 bits per heavy atom. The molecule has 0 radical (unpaired) electrons. The van der Waals surface area contributed by atoms with E-state index in [1.807, 2.05) is 0 Å². The van der Waals surface area contributed by atoms with Gasteiger partial charge in [0.1, 0.15) is 0 Å². The second-order valence-corrected chi connectivity index (χ2v) is 7.23. The fraction of sp³-hybridized carbons (Fsp3) is 0.812. The summed E-state index contributed by atoms with van der Waals surface area (Å²) < 4.78 is 0. The summed E-state index contributed by atoms with van der Waals surface area (Å²) in [6.45, 7) is 2.13. The highest BCUT2D eigenvalue weighted by Crippen LogP contribution is 2.63. The molecule has 4 aliphatic rings. The first-order chi connectivity index (χ1) is 8.66. The maximum atomic E-state index is 9.34. The number of hydrogen-bond donors (Lipinski definition) is 0. The lowest BCUT2D eigenvalue weighted by Gasteiger charge is -2.57. The van der Waals surface area contributed by atoms with Gasteiger partial charge in [-0.3, -0.25) is 0 Å². The molecule has 4 rings (SSSR count). The summed E-state index contributed by atoms with van der Waals surface area (Å²) >= 11 is 6.70. The molecule has 0 amide bonds. The summed E-state index contributed by atoms with van der Waals surface area (Å²) in [4.78, 5) is 0. The van der Waals surface area contributed by atoms with Crippen LogP contribution in [0, 0.1) is 34.5 Å². The van der Waals surface area contributed by atoms with Crippen molar-refractivity contribution >= 4 is 11.6 Å². The average Bonchev–Trinajstić information content (AvgIpc) is 2.33. The van der Waals surface area contributed by atoms with Gasteiger partial charge in [-0.1, -0.05) is 24.9 Å². The minimum atomic E-state index is 0.205. The fourth-order valence-electron chi connectivity index (χ4n) is 5.16. The summed E-state index contributed by atoms with van der Waals surface area (Å²) in [6, 6.07) is 2.38. The normalized spacial score (nSPS) is 42.6. The van der Waals surface area contributed by atoms with E-state index in [1.54, 1.807) is 0 Å². The number of hydrogen-bond acceptors (Lipinski definition) is 1. The van der Waals surface area contributed by atoms with Gasteiger partial charge < -0.3 is 0 Å². The second-order valence-electron chi connectivity index (χ2n) is 6.85. The smallest absolute Gasteiger partial charge is 0.0959 e. The first-order valence-corrected chi connectivity index (χ1v) is 7.84. The van der Waals surface area contributed by atoms with Crippen LogP contribution in [0.4, 0.5) is 0 Å². The monoisotopic (exact) mass is 263 g/mol. The summed E-state index contributed by atoms with van der Waals surface area (Å²) in [6.07, 6.45) is 9.94. The van der Waals surface area contributed by atoms with Crippen LogP contribution < -0.4 is 0 Å². The standard InChI is InChI=1S/C16H22ClN/c1-2-3-14(10-18)15(17)16-7-11-4-12(8-16)6-13(5-11)9-16/h11-13H,2-9H2,1H3. The van der Waals surface area contributed by atoms with Crippen molar-refractivity contribution in [1.29, 1.82) is 5.26 Å². The zero-order valence-corrected chi connectivity index (χ0v) is 12.0. The molecule has 0 unspecified atom stereocenters. The largest absolute Gasteiger partial charge is 0.193 e. The van der Waals surface area contributed by atoms with Crippen molar-refractivity contribution in [3.05, 3.63) is 10.6 Å². The maximum Gasteiger partial charge on any atom is 0.0959 e. The van der Waals surface area contributed by atoms with Crippen LogP contribution in [0.3, 0.4) is 0 Å². The molecule has 0 spiro atoms. The molecule has 1 nitrogen and oxygen atoms in total.